The van der Waals surface area contributed by atoms with Crippen LogP contribution in [0.4, 0.5) is 0 Å². The molecule has 6 nitrogen and oxygen atoms in total. The molecule has 0 aromatic carbocycles. The SMILES string of the molecule is CC(=O)c1sc2ncn(CCCN3CCOCC3)c(=O)c2c1C. The number of aryl methyl sites for hydroxylation is 2. The molecular weight excluding hydrogens is 314 g/mol. The van der Waals surface area contributed by atoms with E-state index in [1.165, 1.54) is 18.3 Å². The summed E-state index contributed by atoms with van der Waals surface area (Å²) >= 11 is 1.31. The molecule has 0 saturated carbocycles. The van der Waals surface area contributed by atoms with E-state index in [-0.39, 0.29) is 11.3 Å². The van der Waals surface area contributed by atoms with Crippen LogP contribution in [-0.4, -0.2) is 53.1 Å². The Bertz CT molecular complexity index is 775. The lowest BCUT2D eigenvalue weighted by Crippen LogP contribution is -2.37. The van der Waals surface area contributed by atoms with E-state index in [2.05, 4.69) is 9.88 Å². The van der Waals surface area contributed by atoms with Crippen molar-refractivity contribution >= 4 is 27.3 Å². The molecule has 3 heterocycles. The van der Waals surface area contributed by atoms with E-state index < -0.39 is 0 Å². The Morgan fingerprint density at radius 1 is 1.35 bits per heavy atom. The Kier molecular flexibility index (Phi) is 4.89. The molecule has 3 rings (SSSR count). The number of carbonyl (C=O) groups is 1. The van der Waals surface area contributed by atoms with Crippen molar-refractivity contribution in [3.63, 3.8) is 0 Å². The molecular formula is C16H21N3O3S. The van der Waals surface area contributed by atoms with Gasteiger partial charge in [0.2, 0.25) is 0 Å². The lowest BCUT2D eigenvalue weighted by atomic mass is 10.2. The number of ether oxygens (including phenoxy) is 1. The molecule has 0 radical (unpaired) electrons. The number of morpholine rings is 1. The average molecular weight is 335 g/mol. The smallest absolute Gasteiger partial charge is 0.262 e. The van der Waals surface area contributed by atoms with Gasteiger partial charge in [-0.15, -0.1) is 11.3 Å². The van der Waals surface area contributed by atoms with Crippen molar-refractivity contribution in [3.05, 3.63) is 27.1 Å². The van der Waals surface area contributed by atoms with Crippen LogP contribution in [0.15, 0.2) is 11.1 Å². The second kappa shape index (κ2) is 6.90. The van der Waals surface area contributed by atoms with Crippen LogP contribution >= 0.6 is 11.3 Å². The van der Waals surface area contributed by atoms with E-state index in [0.717, 1.165) is 44.8 Å². The zero-order valence-corrected chi connectivity index (χ0v) is 14.3. The summed E-state index contributed by atoms with van der Waals surface area (Å²) in [5.41, 5.74) is 0.718. The molecule has 0 N–H and O–H groups in total. The topological polar surface area (TPSA) is 64.4 Å². The van der Waals surface area contributed by atoms with E-state index in [0.29, 0.717) is 21.6 Å². The van der Waals surface area contributed by atoms with Crippen molar-refractivity contribution in [3.8, 4) is 0 Å². The minimum absolute atomic E-state index is 0.0104. The van der Waals surface area contributed by atoms with Crippen molar-refractivity contribution in [2.24, 2.45) is 0 Å². The molecule has 1 saturated heterocycles. The maximum absolute atomic E-state index is 12.7. The molecule has 0 aliphatic carbocycles. The summed E-state index contributed by atoms with van der Waals surface area (Å²) in [6, 6.07) is 0. The Hall–Kier alpha value is -1.57. The first kappa shape index (κ1) is 16.3. The molecule has 0 unspecified atom stereocenters. The third kappa shape index (κ3) is 3.36. The Morgan fingerprint density at radius 3 is 2.78 bits per heavy atom. The van der Waals surface area contributed by atoms with Gasteiger partial charge in [-0.1, -0.05) is 0 Å². The summed E-state index contributed by atoms with van der Waals surface area (Å²) in [6.45, 7) is 8.44. The number of thiophene rings is 1. The predicted molar refractivity (Wildman–Crippen MR) is 90.5 cm³/mol. The lowest BCUT2D eigenvalue weighted by molar-refractivity contribution is 0.0369. The normalized spacial score (nSPS) is 16.1. The zero-order valence-electron chi connectivity index (χ0n) is 13.5. The highest BCUT2D eigenvalue weighted by Crippen LogP contribution is 2.26. The van der Waals surface area contributed by atoms with Gasteiger partial charge < -0.3 is 4.74 Å². The van der Waals surface area contributed by atoms with Crippen LogP contribution in [0.5, 0.6) is 0 Å². The minimum atomic E-state index is -0.0433. The monoisotopic (exact) mass is 335 g/mol. The molecule has 23 heavy (non-hydrogen) atoms. The van der Waals surface area contributed by atoms with Crippen LogP contribution in [0.2, 0.25) is 0 Å². The van der Waals surface area contributed by atoms with Crippen molar-refractivity contribution in [2.45, 2.75) is 26.8 Å². The largest absolute Gasteiger partial charge is 0.379 e. The number of rotatable bonds is 5. The highest BCUT2D eigenvalue weighted by atomic mass is 32.1. The van der Waals surface area contributed by atoms with Crippen molar-refractivity contribution in [1.82, 2.24) is 14.5 Å². The maximum atomic E-state index is 12.7. The van der Waals surface area contributed by atoms with Crippen LogP contribution in [0.25, 0.3) is 10.2 Å². The molecule has 124 valence electrons. The molecule has 2 aromatic rings. The van der Waals surface area contributed by atoms with E-state index >= 15 is 0 Å². The highest BCUT2D eigenvalue weighted by molar-refractivity contribution is 7.20. The lowest BCUT2D eigenvalue weighted by Gasteiger charge is -2.26. The first-order chi connectivity index (χ1) is 11.1. The number of hydrogen-bond donors (Lipinski definition) is 0. The minimum Gasteiger partial charge on any atom is -0.379 e. The van der Waals surface area contributed by atoms with Gasteiger partial charge in [-0.25, -0.2) is 4.98 Å². The average Bonchev–Trinajstić information content (AvgIpc) is 2.88. The predicted octanol–water partition coefficient (Wildman–Crippen LogP) is 1.69. The summed E-state index contributed by atoms with van der Waals surface area (Å²) in [7, 11) is 0. The molecule has 1 fully saturated rings. The first-order valence-electron chi connectivity index (χ1n) is 7.87. The van der Waals surface area contributed by atoms with Gasteiger partial charge in [0.1, 0.15) is 4.83 Å². The molecule has 0 spiro atoms. The standard InChI is InChI=1S/C16H21N3O3S/c1-11-13-15(23-14(11)12(2)20)17-10-19(16(13)21)5-3-4-18-6-8-22-9-7-18/h10H,3-9H2,1-2H3. The van der Waals surface area contributed by atoms with Crippen molar-refractivity contribution in [1.29, 1.82) is 0 Å². The van der Waals surface area contributed by atoms with Crippen molar-refractivity contribution < 1.29 is 9.53 Å². The number of carbonyl (C=O) groups excluding carboxylic acids is 1. The Morgan fingerprint density at radius 2 is 2.09 bits per heavy atom. The molecule has 7 heteroatoms. The fourth-order valence-electron chi connectivity index (χ4n) is 2.94. The number of fused-ring (bicyclic) bond motifs is 1. The van der Waals surface area contributed by atoms with E-state index in [1.54, 1.807) is 10.9 Å². The summed E-state index contributed by atoms with van der Waals surface area (Å²) in [4.78, 5) is 32.3. The number of aromatic nitrogens is 2. The second-order valence-corrected chi connectivity index (χ2v) is 6.84. The second-order valence-electron chi connectivity index (χ2n) is 5.84. The number of nitrogens with zero attached hydrogens (tertiary/aromatic N) is 3. The quantitative estimate of drug-likeness (QED) is 0.778. The van der Waals surface area contributed by atoms with Gasteiger partial charge in [-0.05, 0) is 25.8 Å². The number of ketones is 1. The van der Waals surface area contributed by atoms with E-state index in [1.807, 2.05) is 6.92 Å². The molecule has 0 amide bonds. The van der Waals surface area contributed by atoms with Crippen LogP contribution in [-0.2, 0) is 11.3 Å². The third-order valence-electron chi connectivity index (χ3n) is 4.21. The van der Waals surface area contributed by atoms with E-state index in [4.69, 9.17) is 4.74 Å². The Labute approximate surface area is 138 Å². The highest BCUT2D eigenvalue weighted by Gasteiger charge is 2.17. The van der Waals surface area contributed by atoms with Gasteiger partial charge in [0.15, 0.2) is 5.78 Å². The van der Waals surface area contributed by atoms with Crippen LogP contribution in [0, 0.1) is 6.92 Å². The summed E-state index contributed by atoms with van der Waals surface area (Å²) < 4.78 is 6.99. The summed E-state index contributed by atoms with van der Waals surface area (Å²) in [5, 5.41) is 0.592. The first-order valence-corrected chi connectivity index (χ1v) is 8.69. The van der Waals surface area contributed by atoms with Crippen molar-refractivity contribution in [2.75, 3.05) is 32.8 Å². The number of Topliss-reactive ketones (excluding diaryl/α,β-unsaturated/α-hetero) is 1. The molecule has 2 aromatic heterocycles. The van der Waals surface area contributed by atoms with Gasteiger partial charge >= 0.3 is 0 Å². The van der Waals surface area contributed by atoms with Gasteiger partial charge in [0, 0.05) is 26.2 Å². The van der Waals surface area contributed by atoms with Crippen LogP contribution in [0.1, 0.15) is 28.6 Å². The fourth-order valence-corrected chi connectivity index (χ4v) is 3.98. The maximum Gasteiger partial charge on any atom is 0.262 e. The molecule has 1 aliphatic heterocycles. The van der Waals surface area contributed by atoms with Crippen LogP contribution < -0.4 is 5.56 Å². The molecule has 0 atom stereocenters. The van der Waals surface area contributed by atoms with Gasteiger partial charge in [0.25, 0.3) is 5.56 Å². The number of hydrogen-bond acceptors (Lipinski definition) is 6. The third-order valence-corrected chi connectivity index (χ3v) is 5.51. The van der Waals surface area contributed by atoms with Gasteiger partial charge in [-0.3, -0.25) is 19.1 Å². The zero-order chi connectivity index (χ0) is 16.4. The summed E-state index contributed by atoms with van der Waals surface area (Å²) in [6.07, 6.45) is 2.50. The molecule has 1 aliphatic rings. The van der Waals surface area contributed by atoms with Gasteiger partial charge in [0.05, 0.1) is 29.8 Å². The van der Waals surface area contributed by atoms with E-state index in [9.17, 15) is 9.59 Å². The Balaban J connectivity index is 1.76. The van der Waals surface area contributed by atoms with Crippen LogP contribution in [0.3, 0.4) is 0 Å². The summed E-state index contributed by atoms with van der Waals surface area (Å²) in [5.74, 6) is -0.0104. The van der Waals surface area contributed by atoms with Gasteiger partial charge in [-0.2, -0.15) is 0 Å². The fraction of sp³-hybridized carbons (Fsp3) is 0.562. The molecule has 0 bridgehead atoms.